The van der Waals surface area contributed by atoms with Crippen LogP contribution in [0.5, 0.6) is 0 Å². The molecule has 1 unspecified atom stereocenters. The van der Waals surface area contributed by atoms with Gasteiger partial charge in [0.15, 0.2) is 0 Å². The zero-order valence-corrected chi connectivity index (χ0v) is 18.1. The molecule has 4 N–H and O–H groups in total. The van der Waals surface area contributed by atoms with Gasteiger partial charge in [0.05, 0.1) is 0 Å². The van der Waals surface area contributed by atoms with Crippen LogP contribution < -0.4 is 10.5 Å². The Bertz CT molecular complexity index is 1200. The normalized spacial score (nSPS) is 23.3. The number of hydrogen-bond acceptors (Lipinski definition) is 5. The topological polar surface area (TPSA) is 109 Å². The molecular formula is C21H19ClN2O4S2. The van der Waals surface area contributed by atoms with E-state index >= 15 is 0 Å². The number of thiophene rings is 1. The summed E-state index contributed by atoms with van der Waals surface area (Å²) in [5.74, 6) is -1.24. The van der Waals surface area contributed by atoms with Gasteiger partial charge >= 0.3 is 5.97 Å². The van der Waals surface area contributed by atoms with Crippen LogP contribution in [0.25, 0.3) is 10.4 Å². The molecule has 0 aliphatic heterocycles. The summed E-state index contributed by atoms with van der Waals surface area (Å²) in [6, 6.07) is 19.1. The fourth-order valence-electron chi connectivity index (χ4n) is 3.85. The number of halogens is 1. The summed E-state index contributed by atoms with van der Waals surface area (Å²) in [7, 11) is -4.08. The number of sulfonamides is 1. The molecule has 2 aromatic carbocycles. The second-order valence-electron chi connectivity index (χ2n) is 7.27. The average Bonchev–Trinajstić information content (AvgIpc) is 3.12. The first kappa shape index (κ1) is 21.0. The monoisotopic (exact) mass is 462 g/mol. The Hall–Kier alpha value is -2.23. The molecule has 0 bridgehead atoms. The lowest BCUT2D eigenvalue weighted by atomic mass is 9.91. The summed E-state index contributed by atoms with van der Waals surface area (Å²) in [6.45, 7) is 0.00625. The van der Waals surface area contributed by atoms with Crippen LogP contribution in [-0.2, 0) is 20.2 Å². The van der Waals surface area contributed by atoms with Gasteiger partial charge in [0.2, 0.25) is 0 Å². The summed E-state index contributed by atoms with van der Waals surface area (Å²) in [5.41, 5.74) is 4.80. The molecule has 9 heteroatoms. The molecule has 0 radical (unpaired) electrons. The number of nitrogens with two attached hydrogens (primary N) is 1. The van der Waals surface area contributed by atoms with Crippen molar-refractivity contribution in [1.82, 2.24) is 4.72 Å². The lowest BCUT2D eigenvalue weighted by Gasteiger charge is -2.23. The minimum atomic E-state index is -4.08. The number of hydrogen-bond donors (Lipinski definition) is 3. The molecule has 1 fully saturated rings. The van der Waals surface area contributed by atoms with Crippen molar-refractivity contribution < 1.29 is 18.3 Å². The van der Waals surface area contributed by atoms with Crippen molar-refractivity contribution in [3.8, 4) is 10.4 Å². The van der Waals surface area contributed by atoms with Crippen molar-refractivity contribution in [2.75, 3.05) is 6.54 Å². The lowest BCUT2D eigenvalue weighted by molar-refractivity contribution is -0.140. The fourth-order valence-corrected chi connectivity index (χ4v) is 6.71. The summed E-state index contributed by atoms with van der Waals surface area (Å²) in [4.78, 5) is 12.9. The lowest BCUT2D eigenvalue weighted by Crippen LogP contribution is -2.50. The van der Waals surface area contributed by atoms with Crippen LogP contribution in [0.2, 0.25) is 5.02 Å². The molecule has 2 atom stereocenters. The van der Waals surface area contributed by atoms with Crippen LogP contribution in [0.3, 0.4) is 0 Å². The maximum atomic E-state index is 13.1. The van der Waals surface area contributed by atoms with Crippen molar-refractivity contribution in [3.63, 3.8) is 0 Å². The van der Waals surface area contributed by atoms with Gasteiger partial charge in [0.1, 0.15) is 9.75 Å². The molecule has 156 valence electrons. The standard InChI is InChI=1S/C21H19ClN2O4S2/c22-16-8-6-14(7-9-16)17-10-11-18(29-17)30(27,28)24-21(19(25)26)12-20(21,13-23)15-4-2-1-3-5-15/h1-11,24H,12-13,23H2,(H,25,26)/t20-,21?/m1/s1. The Kier molecular flexibility index (Phi) is 5.24. The minimum Gasteiger partial charge on any atom is -0.480 e. The van der Waals surface area contributed by atoms with Gasteiger partial charge in [-0.2, -0.15) is 4.72 Å². The molecule has 30 heavy (non-hydrogen) atoms. The molecule has 1 aliphatic rings. The van der Waals surface area contributed by atoms with E-state index in [-0.39, 0.29) is 17.2 Å². The molecular weight excluding hydrogens is 444 g/mol. The Morgan fingerprint density at radius 3 is 2.37 bits per heavy atom. The van der Waals surface area contributed by atoms with E-state index in [0.717, 1.165) is 21.8 Å². The van der Waals surface area contributed by atoms with E-state index in [1.54, 1.807) is 54.6 Å². The molecule has 1 heterocycles. The molecule has 4 rings (SSSR count). The maximum absolute atomic E-state index is 13.1. The third-order valence-electron chi connectivity index (χ3n) is 5.58. The average molecular weight is 463 g/mol. The summed E-state index contributed by atoms with van der Waals surface area (Å²) in [6.07, 6.45) is 0.0878. The van der Waals surface area contributed by atoms with Crippen LogP contribution in [0.1, 0.15) is 12.0 Å². The highest BCUT2D eigenvalue weighted by Gasteiger charge is 2.74. The highest BCUT2D eigenvalue weighted by Crippen LogP contribution is 2.58. The quantitative estimate of drug-likeness (QED) is 0.498. The van der Waals surface area contributed by atoms with Crippen molar-refractivity contribution >= 4 is 38.9 Å². The van der Waals surface area contributed by atoms with E-state index in [9.17, 15) is 18.3 Å². The first-order valence-electron chi connectivity index (χ1n) is 9.13. The van der Waals surface area contributed by atoms with Crippen LogP contribution >= 0.6 is 22.9 Å². The summed E-state index contributed by atoms with van der Waals surface area (Å²) < 4.78 is 28.7. The van der Waals surface area contributed by atoms with E-state index in [1.165, 1.54) is 6.07 Å². The van der Waals surface area contributed by atoms with E-state index in [2.05, 4.69) is 4.72 Å². The van der Waals surface area contributed by atoms with Gasteiger partial charge < -0.3 is 10.8 Å². The van der Waals surface area contributed by atoms with Gasteiger partial charge in [-0.25, -0.2) is 8.42 Å². The Balaban J connectivity index is 1.67. The van der Waals surface area contributed by atoms with Crippen molar-refractivity contribution in [2.45, 2.75) is 21.6 Å². The minimum absolute atomic E-state index is 0.00625. The van der Waals surface area contributed by atoms with E-state index in [0.29, 0.717) is 10.6 Å². The van der Waals surface area contributed by atoms with Crippen LogP contribution in [0.15, 0.2) is 70.9 Å². The fraction of sp³-hybridized carbons (Fsp3) is 0.190. The molecule has 0 saturated heterocycles. The molecule has 1 aliphatic carbocycles. The number of carboxylic acids is 1. The van der Waals surface area contributed by atoms with E-state index < -0.39 is 26.9 Å². The Morgan fingerprint density at radius 1 is 1.10 bits per heavy atom. The number of aliphatic carboxylic acids is 1. The molecule has 1 saturated carbocycles. The number of carbonyl (C=O) groups is 1. The summed E-state index contributed by atoms with van der Waals surface area (Å²) >= 11 is 6.97. The smallest absolute Gasteiger partial charge is 0.325 e. The first-order valence-corrected chi connectivity index (χ1v) is 11.8. The summed E-state index contributed by atoms with van der Waals surface area (Å²) in [5, 5.41) is 10.5. The van der Waals surface area contributed by atoms with E-state index in [1.807, 2.05) is 6.07 Å². The molecule has 6 nitrogen and oxygen atoms in total. The Morgan fingerprint density at radius 2 is 1.77 bits per heavy atom. The zero-order chi connectivity index (χ0) is 21.6. The molecule has 0 spiro atoms. The predicted octanol–water partition coefficient (Wildman–Crippen LogP) is 3.47. The third kappa shape index (κ3) is 3.34. The van der Waals surface area contributed by atoms with Gasteiger partial charge in [0.25, 0.3) is 10.0 Å². The Labute approximate surface area is 183 Å². The van der Waals surface area contributed by atoms with Crippen LogP contribution in [0, 0.1) is 0 Å². The largest absolute Gasteiger partial charge is 0.480 e. The van der Waals surface area contributed by atoms with Crippen LogP contribution in [-0.4, -0.2) is 31.6 Å². The molecule has 0 amide bonds. The van der Waals surface area contributed by atoms with Gasteiger partial charge in [-0.3, -0.25) is 4.79 Å². The van der Waals surface area contributed by atoms with E-state index in [4.69, 9.17) is 17.3 Å². The molecule has 1 aromatic heterocycles. The van der Waals surface area contributed by atoms with Gasteiger partial charge in [0, 0.05) is 21.9 Å². The number of carboxylic acid groups (broad SMARTS) is 1. The van der Waals surface area contributed by atoms with Crippen molar-refractivity contribution in [2.24, 2.45) is 5.73 Å². The number of rotatable bonds is 7. The van der Waals surface area contributed by atoms with Crippen molar-refractivity contribution in [3.05, 3.63) is 77.3 Å². The SMILES string of the molecule is NC[C@@]1(c2ccccc2)CC1(NS(=O)(=O)c1ccc(-c2ccc(Cl)cc2)s1)C(=O)O. The number of nitrogens with one attached hydrogen (secondary N) is 1. The van der Waals surface area contributed by atoms with Gasteiger partial charge in [-0.05, 0) is 41.8 Å². The van der Waals surface area contributed by atoms with Crippen molar-refractivity contribution in [1.29, 1.82) is 0 Å². The highest BCUT2D eigenvalue weighted by molar-refractivity contribution is 7.91. The third-order valence-corrected chi connectivity index (χ3v) is 8.95. The maximum Gasteiger partial charge on any atom is 0.325 e. The first-order chi connectivity index (χ1) is 14.2. The zero-order valence-electron chi connectivity index (χ0n) is 15.7. The van der Waals surface area contributed by atoms with Gasteiger partial charge in [-0.1, -0.05) is 54.1 Å². The highest BCUT2D eigenvalue weighted by atomic mass is 35.5. The molecule has 3 aromatic rings. The van der Waals surface area contributed by atoms with Crippen LogP contribution in [0.4, 0.5) is 0 Å². The van der Waals surface area contributed by atoms with Gasteiger partial charge in [-0.15, -0.1) is 11.3 Å². The predicted molar refractivity (Wildman–Crippen MR) is 117 cm³/mol. The second-order valence-corrected chi connectivity index (χ2v) is 10.7. The second kappa shape index (κ2) is 7.47. The number of benzene rings is 2.